The summed E-state index contributed by atoms with van der Waals surface area (Å²) in [6.45, 7) is 1.98. The van der Waals surface area contributed by atoms with Crippen molar-refractivity contribution >= 4 is 31.3 Å². The van der Waals surface area contributed by atoms with Crippen molar-refractivity contribution in [2.75, 3.05) is 12.0 Å². The number of aryl methyl sites for hydroxylation is 1. The standard InChI is InChI=1S/C36H50NO5PS/c1-26-11-9-10-16-30(26)32-25-29(17-18-31(32)34(38)37-33(35(39)40)21-24-44-2)36(43(41)42,22-19-27-12-5-3-6-13-27)23-20-28-14-7-4-8-15-28/h9-11,16-18,25,27-28,33H,3-8,12-15,19-24H2,1-2H3,(H,37,38)(H,39,40)/t33-/m0/s1. The minimum Gasteiger partial charge on any atom is -0.480 e. The lowest BCUT2D eigenvalue weighted by Crippen LogP contribution is -2.41. The van der Waals surface area contributed by atoms with Crippen molar-refractivity contribution in [1.29, 1.82) is 0 Å². The van der Waals surface area contributed by atoms with Gasteiger partial charge in [-0.1, -0.05) is 94.5 Å². The minimum absolute atomic E-state index is 0.322. The third-order valence-electron chi connectivity index (χ3n) is 10.2. The molecule has 0 saturated heterocycles. The van der Waals surface area contributed by atoms with Crippen LogP contribution >= 0.6 is 19.4 Å². The van der Waals surface area contributed by atoms with E-state index < -0.39 is 30.8 Å². The van der Waals surface area contributed by atoms with Crippen molar-refractivity contribution in [3.05, 3.63) is 59.2 Å². The van der Waals surface area contributed by atoms with Crippen molar-refractivity contribution in [2.45, 2.75) is 114 Å². The lowest BCUT2D eigenvalue weighted by Gasteiger charge is -2.33. The van der Waals surface area contributed by atoms with E-state index in [9.17, 15) is 23.8 Å². The number of amides is 1. The number of rotatable bonds is 15. The van der Waals surface area contributed by atoms with Gasteiger partial charge < -0.3 is 10.4 Å². The number of hydrogen-bond acceptors (Lipinski definition) is 5. The van der Waals surface area contributed by atoms with Crippen molar-refractivity contribution in [3.8, 4) is 11.1 Å². The first-order chi connectivity index (χ1) is 21.2. The van der Waals surface area contributed by atoms with E-state index in [0.717, 1.165) is 29.5 Å². The first-order valence-electron chi connectivity index (χ1n) is 16.6. The van der Waals surface area contributed by atoms with Gasteiger partial charge in [0.2, 0.25) is 0 Å². The average molecular weight is 640 g/mol. The van der Waals surface area contributed by atoms with E-state index in [1.54, 1.807) is 6.07 Å². The zero-order valence-corrected chi connectivity index (χ0v) is 28.2. The summed E-state index contributed by atoms with van der Waals surface area (Å²) in [6, 6.07) is 12.3. The highest BCUT2D eigenvalue weighted by atomic mass is 32.2. The maximum absolute atomic E-state index is 13.7. The lowest BCUT2D eigenvalue weighted by atomic mass is 9.77. The Bertz CT molecular complexity index is 1300. The SMILES string of the molecule is CSCC[C@H](NC(=O)c1ccc(C(CCC2CCCCC2)(CCC2CCCCC2)P(=O)=O)cc1-c1ccccc1C)C(=O)O. The fraction of sp³-hybridized carbons (Fsp3) is 0.611. The van der Waals surface area contributed by atoms with Gasteiger partial charge in [-0.25, -0.2) is 13.9 Å². The number of carboxylic acids is 1. The van der Waals surface area contributed by atoms with Gasteiger partial charge in [0.05, 0.1) is 0 Å². The maximum atomic E-state index is 13.7. The molecule has 2 aromatic rings. The molecule has 2 aromatic carbocycles. The molecule has 4 rings (SSSR count). The van der Waals surface area contributed by atoms with Gasteiger partial charge in [-0.3, -0.25) is 4.79 Å². The van der Waals surface area contributed by atoms with Crippen LogP contribution in [0.15, 0.2) is 42.5 Å². The number of carbonyl (C=O) groups is 2. The van der Waals surface area contributed by atoms with Crippen molar-refractivity contribution < 1.29 is 23.8 Å². The molecular weight excluding hydrogens is 589 g/mol. The number of aliphatic carboxylic acids is 1. The molecule has 2 fully saturated rings. The van der Waals surface area contributed by atoms with E-state index in [0.29, 0.717) is 48.0 Å². The highest BCUT2D eigenvalue weighted by molar-refractivity contribution is 7.98. The fourth-order valence-corrected chi connectivity index (χ4v) is 8.84. The Morgan fingerprint density at radius 2 is 1.50 bits per heavy atom. The topological polar surface area (TPSA) is 101 Å². The molecule has 0 spiro atoms. The summed E-state index contributed by atoms with van der Waals surface area (Å²) < 4.78 is 27.0. The zero-order chi connectivity index (χ0) is 31.5. The Kier molecular flexibility index (Phi) is 13.2. The number of benzene rings is 2. The number of hydrogen-bond donors (Lipinski definition) is 2. The third-order valence-corrected chi connectivity index (χ3v) is 12.2. The molecule has 2 aliphatic carbocycles. The van der Waals surface area contributed by atoms with Crippen LogP contribution in [0.2, 0.25) is 0 Å². The van der Waals surface area contributed by atoms with Crippen LogP contribution in [0.4, 0.5) is 0 Å². The number of carboxylic acid groups (broad SMARTS) is 1. The maximum Gasteiger partial charge on any atom is 0.326 e. The summed E-state index contributed by atoms with van der Waals surface area (Å²) in [6.07, 6.45) is 17.3. The van der Waals surface area contributed by atoms with E-state index in [-0.39, 0.29) is 0 Å². The summed E-state index contributed by atoms with van der Waals surface area (Å²) in [4.78, 5) is 25.6. The number of thioether (sulfide) groups is 1. The van der Waals surface area contributed by atoms with Crippen LogP contribution in [0.1, 0.15) is 118 Å². The summed E-state index contributed by atoms with van der Waals surface area (Å²) in [5, 5.41) is 11.5. The van der Waals surface area contributed by atoms with E-state index in [2.05, 4.69) is 5.32 Å². The van der Waals surface area contributed by atoms with Gasteiger partial charge in [-0.15, -0.1) is 0 Å². The predicted molar refractivity (Wildman–Crippen MR) is 180 cm³/mol. The molecule has 2 N–H and O–H groups in total. The normalized spacial score (nSPS) is 17.2. The van der Waals surface area contributed by atoms with Gasteiger partial charge in [-0.05, 0) is 97.3 Å². The Morgan fingerprint density at radius 1 is 0.909 bits per heavy atom. The second kappa shape index (κ2) is 16.8. The number of nitrogens with one attached hydrogen (secondary N) is 1. The monoisotopic (exact) mass is 639 g/mol. The molecule has 8 heteroatoms. The predicted octanol–water partition coefficient (Wildman–Crippen LogP) is 9.69. The van der Waals surface area contributed by atoms with Crippen molar-refractivity contribution in [3.63, 3.8) is 0 Å². The van der Waals surface area contributed by atoms with Gasteiger partial charge in [0.25, 0.3) is 5.91 Å². The highest BCUT2D eigenvalue weighted by Crippen LogP contribution is 2.51. The van der Waals surface area contributed by atoms with Crippen LogP contribution in [0.25, 0.3) is 11.1 Å². The van der Waals surface area contributed by atoms with E-state index in [4.69, 9.17) is 0 Å². The van der Waals surface area contributed by atoms with Crippen molar-refractivity contribution in [1.82, 2.24) is 5.32 Å². The highest BCUT2D eigenvalue weighted by Gasteiger charge is 2.40. The minimum atomic E-state index is -2.80. The Balaban J connectivity index is 1.76. The van der Waals surface area contributed by atoms with Gasteiger partial charge in [-0.2, -0.15) is 11.8 Å². The smallest absolute Gasteiger partial charge is 0.326 e. The fourth-order valence-electron chi connectivity index (χ4n) is 7.40. The Labute approximate surface area is 268 Å². The van der Waals surface area contributed by atoms with E-state index in [1.807, 2.05) is 49.6 Å². The molecule has 44 heavy (non-hydrogen) atoms. The summed E-state index contributed by atoms with van der Waals surface area (Å²) in [5.41, 5.74) is 3.60. The van der Waals surface area contributed by atoms with Crippen molar-refractivity contribution in [2.24, 2.45) is 11.8 Å². The summed E-state index contributed by atoms with van der Waals surface area (Å²) in [7, 11) is -2.80. The molecule has 0 unspecified atom stereocenters. The molecule has 0 heterocycles. The molecule has 1 amide bonds. The van der Waals surface area contributed by atoms with Gasteiger partial charge >= 0.3 is 13.6 Å². The van der Waals surface area contributed by atoms with Crippen LogP contribution in [0.3, 0.4) is 0 Å². The van der Waals surface area contributed by atoms with E-state index in [1.165, 1.54) is 76.0 Å². The quantitative estimate of drug-likeness (QED) is 0.188. The van der Waals surface area contributed by atoms with Crippen LogP contribution in [-0.4, -0.2) is 35.0 Å². The number of carbonyl (C=O) groups excluding carboxylic acids is 1. The molecule has 6 nitrogen and oxygen atoms in total. The Hall–Kier alpha value is -2.37. The van der Waals surface area contributed by atoms with Gasteiger partial charge in [0.15, 0.2) is 0 Å². The first-order valence-corrected chi connectivity index (χ1v) is 19.2. The molecule has 0 radical (unpaired) electrons. The van der Waals surface area contributed by atoms with Crippen LogP contribution in [0, 0.1) is 18.8 Å². The molecule has 2 aliphatic rings. The second-order valence-corrected chi connectivity index (χ2v) is 15.5. The molecule has 0 aliphatic heterocycles. The van der Waals surface area contributed by atoms with Gasteiger partial charge in [0, 0.05) is 5.56 Å². The lowest BCUT2D eigenvalue weighted by molar-refractivity contribution is -0.139. The van der Waals surface area contributed by atoms with E-state index >= 15 is 0 Å². The average Bonchev–Trinajstić information content (AvgIpc) is 3.04. The van der Waals surface area contributed by atoms with Crippen LogP contribution in [0.5, 0.6) is 0 Å². The molecule has 2 saturated carbocycles. The second-order valence-electron chi connectivity index (χ2n) is 13.1. The van der Waals surface area contributed by atoms with Gasteiger partial charge in [0.1, 0.15) is 11.2 Å². The molecule has 1 atom stereocenters. The third kappa shape index (κ3) is 8.88. The molecule has 240 valence electrons. The largest absolute Gasteiger partial charge is 0.480 e. The molecule has 0 aromatic heterocycles. The molecular formula is C36H50NO5PS. The summed E-state index contributed by atoms with van der Waals surface area (Å²) >= 11 is 1.54. The summed E-state index contributed by atoms with van der Waals surface area (Å²) in [5.74, 6) is 0.215. The zero-order valence-electron chi connectivity index (χ0n) is 26.5. The van der Waals surface area contributed by atoms with Crippen LogP contribution < -0.4 is 5.32 Å². The van der Waals surface area contributed by atoms with Crippen LogP contribution in [-0.2, 0) is 19.1 Å². The Morgan fingerprint density at radius 3 is 2.02 bits per heavy atom. The molecule has 0 bridgehead atoms. The first kappa shape index (κ1) is 34.5.